The van der Waals surface area contributed by atoms with Crippen molar-refractivity contribution < 1.29 is 13.9 Å². The standard InChI is InChI=1S/C14H16ClFO2/c1-2-17-9-4-10-18-13-7-6-12(5-3-8-15)14(16)11-13/h6-7,11H,2,4,8-10H2,1H3. The molecular formula is C14H16ClFO2. The molecule has 0 aromatic heterocycles. The van der Waals surface area contributed by atoms with E-state index in [1.165, 1.54) is 6.07 Å². The van der Waals surface area contributed by atoms with Crippen LogP contribution in [0.2, 0.25) is 0 Å². The van der Waals surface area contributed by atoms with Gasteiger partial charge in [-0.25, -0.2) is 4.39 Å². The van der Waals surface area contributed by atoms with E-state index in [1.54, 1.807) is 12.1 Å². The lowest BCUT2D eigenvalue weighted by molar-refractivity contribution is 0.131. The lowest BCUT2D eigenvalue weighted by atomic mass is 10.2. The average Bonchev–Trinajstić information content (AvgIpc) is 2.37. The second kappa shape index (κ2) is 8.79. The fraction of sp³-hybridized carbons (Fsp3) is 0.429. The Morgan fingerprint density at radius 1 is 1.33 bits per heavy atom. The fourth-order valence-electron chi connectivity index (χ4n) is 1.31. The molecule has 0 aliphatic carbocycles. The fourth-order valence-corrected chi connectivity index (χ4v) is 1.38. The molecule has 0 fully saturated rings. The van der Waals surface area contributed by atoms with E-state index in [-0.39, 0.29) is 5.88 Å². The highest BCUT2D eigenvalue weighted by Gasteiger charge is 2.02. The maximum absolute atomic E-state index is 13.6. The third-order valence-electron chi connectivity index (χ3n) is 2.14. The van der Waals surface area contributed by atoms with Crippen molar-refractivity contribution in [1.82, 2.24) is 0 Å². The highest BCUT2D eigenvalue weighted by Crippen LogP contribution is 2.16. The average molecular weight is 271 g/mol. The van der Waals surface area contributed by atoms with Crippen molar-refractivity contribution in [3.05, 3.63) is 29.6 Å². The first-order chi connectivity index (χ1) is 8.77. The zero-order valence-electron chi connectivity index (χ0n) is 10.3. The zero-order chi connectivity index (χ0) is 13.2. The molecule has 1 aromatic carbocycles. The summed E-state index contributed by atoms with van der Waals surface area (Å²) < 4.78 is 24.1. The van der Waals surface area contributed by atoms with Gasteiger partial charge < -0.3 is 9.47 Å². The first kappa shape index (κ1) is 14.8. The molecule has 0 radical (unpaired) electrons. The molecule has 0 N–H and O–H groups in total. The molecule has 0 unspecified atom stereocenters. The summed E-state index contributed by atoms with van der Waals surface area (Å²) in [4.78, 5) is 0. The quantitative estimate of drug-likeness (QED) is 0.449. The van der Waals surface area contributed by atoms with Crippen LogP contribution in [0, 0.1) is 17.7 Å². The van der Waals surface area contributed by atoms with Crippen LogP contribution in [-0.4, -0.2) is 25.7 Å². The van der Waals surface area contributed by atoms with Gasteiger partial charge in [-0.05, 0) is 19.1 Å². The number of ether oxygens (including phenoxy) is 2. The minimum atomic E-state index is -0.394. The maximum atomic E-state index is 13.6. The van der Waals surface area contributed by atoms with Gasteiger partial charge in [0.05, 0.1) is 18.1 Å². The van der Waals surface area contributed by atoms with Crippen molar-refractivity contribution in [2.75, 3.05) is 25.7 Å². The summed E-state index contributed by atoms with van der Waals surface area (Å²) in [5, 5.41) is 0. The summed E-state index contributed by atoms with van der Waals surface area (Å²) in [5.41, 5.74) is 0.331. The van der Waals surface area contributed by atoms with Crippen LogP contribution in [-0.2, 0) is 4.74 Å². The van der Waals surface area contributed by atoms with Gasteiger partial charge in [-0.2, -0.15) is 0 Å². The molecule has 1 rings (SSSR count). The Hall–Kier alpha value is -1.24. The van der Waals surface area contributed by atoms with Gasteiger partial charge >= 0.3 is 0 Å². The van der Waals surface area contributed by atoms with Crippen LogP contribution in [0.5, 0.6) is 5.75 Å². The van der Waals surface area contributed by atoms with E-state index in [0.29, 0.717) is 31.1 Å². The lowest BCUT2D eigenvalue weighted by Gasteiger charge is -2.06. The van der Waals surface area contributed by atoms with Gasteiger partial charge in [-0.1, -0.05) is 11.8 Å². The number of alkyl halides is 1. The van der Waals surface area contributed by atoms with Crippen molar-refractivity contribution in [2.45, 2.75) is 13.3 Å². The molecule has 0 heterocycles. The highest BCUT2D eigenvalue weighted by atomic mass is 35.5. The second-order valence-corrected chi connectivity index (χ2v) is 3.74. The highest BCUT2D eigenvalue weighted by molar-refractivity contribution is 6.19. The van der Waals surface area contributed by atoms with Gasteiger partial charge in [0, 0.05) is 25.7 Å². The Kier molecular flexibility index (Phi) is 7.24. The van der Waals surface area contributed by atoms with Crippen molar-refractivity contribution >= 4 is 11.6 Å². The molecule has 2 nitrogen and oxygen atoms in total. The molecule has 0 spiro atoms. The molecular weight excluding hydrogens is 255 g/mol. The number of halogens is 2. The molecule has 0 saturated heterocycles. The van der Waals surface area contributed by atoms with E-state index in [9.17, 15) is 4.39 Å². The van der Waals surface area contributed by atoms with Gasteiger partial charge in [-0.15, -0.1) is 11.6 Å². The van der Waals surface area contributed by atoms with Crippen LogP contribution in [0.25, 0.3) is 0 Å². The summed E-state index contributed by atoms with van der Waals surface area (Å²) in [6.45, 7) is 3.80. The molecule has 0 aliphatic heterocycles. The minimum Gasteiger partial charge on any atom is -0.493 e. The minimum absolute atomic E-state index is 0.190. The number of hydrogen-bond acceptors (Lipinski definition) is 2. The summed E-state index contributed by atoms with van der Waals surface area (Å²) in [5.74, 6) is 5.55. The topological polar surface area (TPSA) is 18.5 Å². The van der Waals surface area contributed by atoms with Gasteiger partial charge in [-0.3, -0.25) is 0 Å². The van der Waals surface area contributed by atoms with Crippen molar-refractivity contribution in [2.24, 2.45) is 0 Å². The first-order valence-electron chi connectivity index (χ1n) is 5.83. The third-order valence-corrected chi connectivity index (χ3v) is 2.27. The zero-order valence-corrected chi connectivity index (χ0v) is 11.1. The van der Waals surface area contributed by atoms with E-state index in [2.05, 4.69) is 11.8 Å². The third kappa shape index (κ3) is 5.39. The van der Waals surface area contributed by atoms with Gasteiger partial charge in [0.2, 0.25) is 0 Å². The second-order valence-electron chi connectivity index (χ2n) is 3.48. The Morgan fingerprint density at radius 2 is 2.17 bits per heavy atom. The molecule has 0 aliphatic rings. The van der Waals surface area contributed by atoms with Crippen molar-refractivity contribution in [3.63, 3.8) is 0 Å². The summed E-state index contributed by atoms with van der Waals surface area (Å²) in [6.07, 6.45) is 0.781. The predicted molar refractivity (Wildman–Crippen MR) is 70.6 cm³/mol. The first-order valence-corrected chi connectivity index (χ1v) is 6.36. The normalized spacial score (nSPS) is 9.72. The predicted octanol–water partition coefficient (Wildman–Crippen LogP) is 3.22. The molecule has 0 amide bonds. The molecule has 18 heavy (non-hydrogen) atoms. The van der Waals surface area contributed by atoms with E-state index in [4.69, 9.17) is 21.1 Å². The Morgan fingerprint density at radius 3 is 2.83 bits per heavy atom. The van der Waals surface area contributed by atoms with Gasteiger partial charge in [0.25, 0.3) is 0 Å². The SMILES string of the molecule is CCOCCCOc1ccc(C#CCCl)c(F)c1. The van der Waals surface area contributed by atoms with Crippen LogP contribution >= 0.6 is 11.6 Å². The molecule has 98 valence electrons. The molecule has 0 bridgehead atoms. The van der Waals surface area contributed by atoms with E-state index in [1.807, 2.05) is 6.92 Å². The number of benzene rings is 1. The molecule has 4 heteroatoms. The van der Waals surface area contributed by atoms with Gasteiger partial charge in [0.15, 0.2) is 0 Å². The van der Waals surface area contributed by atoms with E-state index >= 15 is 0 Å². The molecule has 1 aromatic rings. The largest absolute Gasteiger partial charge is 0.493 e. The maximum Gasteiger partial charge on any atom is 0.142 e. The Bertz CT molecular complexity index is 424. The summed E-state index contributed by atoms with van der Waals surface area (Å²) in [7, 11) is 0. The van der Waals surface area contributed by atoms with Crippen LogP contribution < -0.4 is 4.74 Å². The van der Waals surface area contributed by atoms with Crippen LogP contribution in [0.3, 0.4) is 0 Å². The van der Waals surface area contributed by atoms with E-state index in [0.717, 1.165) is 6.42 Å². The van der Waals surface area contributed by atoms with Gasteiger partial charge in [0.1, 0.15) is 11.6 Å². The molecule has 0 saturated carbocycles. The Labute approximate surface area is 112 Å². The van der Waals surface area contributed by atoms with Crippen LogP contribution in [0.15, 0.2) is 18.2 Å². The monoisotopic (exact) mass is 270 g/mol. The lowest BCUT2D eigenvalue weighted by Crippen LogP contribution is -2.03. The Balaban J connectivity index is 2.46. The smallest absolute Gasteiger partial charge is 0.142 e. The van der Waals surface area contributed by atoms with Crippen LogP contribution in [0.1, 0.15) is 18.9 Å². The number of rotatable bonds is 6. The summed E-state index contributed by atoms with van der Waals surface area (Å²) >= 11 is 5.41. The van der Waals surface area contributed by atoms with Crippen molar-refractivity contribution in [3.8, 4) is 17.6 Å². The van der Waals surface area contributed by atoms with Crippen molar-refractivity contribution in [1.29, 1.82) is 0 Å². The molecule has 0 atom stereocenters. The number of hydrogen-bond donors (Lipinski definition) is 0. The van der Waals surface area contributed by atoms with E-state index < -0.39 is 5.82 Å². The summed E-state index contributed by atoms with van der Waals surface area (Å²) in [6, 6.07) is 4.62. The van der Waals surface area contributed by atoms with Crippen LogP contribution in [0.4, 0.5) is 4.39 Å².